The van der Waals surface area contributed by atoms with Crippen LogP contribution in [-0.4, -0.2) is 18.6 Å². The van der Waals surface area contributed by atoms with E-state index >= 15 is 0 Å². The Morgan fingerprint density at radius 1 is 1.38 bits per heavy atom. The van der Waals surface area contributed by atoms with Crippen LogP contribution in [0, 0.1) is 0 Å². The number of methoxy groups -OCH3 is 1. The second-order valence-electron chi connectivity index (χ2n) is 4.62. The van der Waals surface area contributed by atoms with Crippen LogP contribution >= 0.6 is 0 Å². The lowest BCUT2D eigenvalue weighted by Crippen LogP contribution is -2.39. The molecule has 0 spiro atoms. The average Bonchev–Trinajstić information content (AvgIpc) is 2.55. The van der Waals surface area contributed by atoms with Gasteiger partial charge in [-0.15, -0.1) is 0 Å². The maximum absolute atomic E-state index is 5.40. The van der Waals surface area contributed by atoms with E-state index < -0.39 is 0 Å². The van der Waals surface area contributed by atoms with Gasteiger partial charge in [-0.1, -0.05) is 12.8 Å². The molecule has 1 fully saturated rings. The van der Waals surface area contributed by atoms with Crippen LogP contribution in [-0.2, 0) is 5.54 Å². The molecule has 2 heterocycles. The van der Waals surface area contributed by atoms with Gasteiger partial charge in [0.05, 0.1) is 12.6 Å². The molecule has 1 N–H and O–H groups in total. The molecule has 1 unspecified atom stereocenters. The quantitative estimate of drug-likeness (QED) is 0.831. The van der Waals surface area contributed by atoms with E-state index in [0.717, 1.165) is 24.4 Å². The molecule has 0 aliphatic carbocycles. The molecule has 3 nitrogen and oxygen atoms in total. The Hall–Kier alpha value is -1.09. The number of pyridine rings is 1. The zero-order valence-corrected chi connectivity index (χ0v) is 10.1. The van der Waals surface area contributed by atoms with E-state index in [2.05, 4.69) is 17.2 Å². The van der Waals surface area contributed by atoms with E-state index in [-0.39, 0.29) is 5.54 Å². The van der Waals surface area contributed by atoms with Gasteiger partial charge in [0.15, 0.2) is 0 Å². The third kappa shape index (κ3) is 2.19. The molecular weight excluding hydrogens is 200 g/mol. The molecule has 1 aromatic rings. The van der Waals surface area contributed by atoms with Crippen LogP contribution in [0.1, 0.15) is 38.3 Å². The zero-order valence-electron chi connectivity index (χ0n) is 10.1. The Morgan fingerprint density at radius 2 is 2.25 bits per heavy atom. The number of rotatable bonds is 2. The number of ether oxygens (including phenoxy) is 1. The van der Waals surface area contributed by atoms with E-state index in [4.69, 9.17) is 4.74 Å². The van der Waals surface area contributed by atoms with Crippen LogP contribution in [0.4, 0.5) is 0 Å². The minimum Gasteiger partial charge on any atom is -0.495 e. The Labute approximate surface area is 97.2 Å². The van der Waals surface area contributed by atoms with Crippen molar-refractivity contribution in [1.82, 2.24) is 10.3 Å². The van der Waals surface area contributed by atoms with Crippen molar-refractivity contribution in [1.29, 1.82) is 0 Å². The van der Waals surface area contributed by atoms with E-state index in [9.17, 15) is 0 Å². The van der Waals surface area contributed by atoms with Gasteiger partial charge in [0.2, 0.25) is 0 Å². The largest absolute Gasteiger partial charge is 0.495 e. The molecule has 0 saturated carbocycles. The van der Waals surface area contributed by atoms with Crippen LogP contribution in [0.2, 0.25) is 0 Å². The summed E-state index contributed by atoms with van der Waals surface area (Å²) >= 11 is 0. The molecule has 2 rings (SSSR count). The summed E-state index contributed by atoms with van der Waals surface area (Å²) in [6.45, 7) is 3.29. The fraction of sp³-hybridized carbons (Fsp3) is 0.615. The van der Waals surface area contributed by atoms with Crippen LogP contribution in [0.5, 0.6) is 5.75 Å². The predicted octanol–water partition coefficient (Wildman–Crippen LogP) is 2.47. The molecule has 3 heteroatoms. The molecule has 1 aromatic heterocycles. The molecule has 88 valence electrons. The molecule has 0 bridgehead atoms. The van der Waals surface area contributed by atoms with Crippen molar-refractivity contribution in [3.05, 3.63) is 24.0 Å². The summed E-state index contributed by atoms with van der Waals surface area (Å²) in [5.41, 5.74) is 1.00. The third-order valence-electron chi connectivity index (χ3n) is 3.38. The van der Waals surface area contributed by atoms with Crippen molar-refractivity contribution in [2.24, 2.45) is 0 Å². The highest BCUT2D eigenvalue weighted by Crippen LogP contribution is 2.33. The number of nitrogens with one attached hydrogen (secondary N) is 1. The van der Waals surface area contributed by atoms with E-state index in [0.29, 0.717) is 0 Å². The maximum Gasteiger partial charge on any atom is 0.142 e. The molecule has 1 saturated heterocycles. The SMILES string of the molecule is COc1cccnc1C1(C)CCCCCN1. The fourth-order valence-electron chi connectivity index (χ4n) is 2.40. The van der Waals surface area contributed by atoms with Crippen LogP contribution in [0.3, 0.4) is 0 Å². The topological polar surface area (TPSA) is 34.1 Å². The normalized spacial score (nSPS) is 26.1. The van der Waals surface area contributed by atoms with Gasteiger partial charge in [-0.25, -0.2) is 0 Å². The minimum atomic E-state index is -0.0386. The monoisotopic (exact) mass is 220 g/mol. The van der Waals surface area contributed by atoms with Crippen molar-refractivity contribution >= 4 is 0 Å². The highest BCUT2D eigenvalue weighted by atomic mass is 16.5. The first-order valence-corrected chi connectivity index (χ1v) is 6.01. The highest BCUT2D eigenvalue weighted by molar-refractivity contribution is 5.32. The zero-order chi connectivity index (χ0) is 11.4. The van der Waals surface area contributed by atoms with Gasteiger partial charge in [0.1, 0.15) is 11.4 Å². The summed E-state index contributed by atoms with van der Waals surface area (Å²) in [5, 5.41) is 3.61. The summed E-state index contributed by atoms with van der Waals surface area (Å²) in [5.74, 6) is 0.888. The molecule has 0 aromatic carbocycles. The van der Waals surface area contributed by atoms with Gasteiger partial charge in [-0.2, -0.15) is 0 Å². The maximum atomic E-state index is 5.40. The summed E-state index contributed by atoms with van der Waals surface area (Å²) in [6, 6.07) is 3.91. The van der Waals surface area contributed by atoms with Crippen LogP contribution in [0.25, 0.3) is 0 Å². The Balaban J connectivity index is 2.32. The van der Waals surface area contributed by atoms with Crippen molar-refractivity contribution in [2.45, 2.75) is 38.1 Å². The van der Waals surface area contributed by atoms with Crippen LogP contribution in [0.15, 0.2) is 18.3 Å². The Morgan fingerprint density at radius 3 is 3.06 bits per heavy atom. The van der Waals surface area contributed by atoms with Gasteiger partial charge in [0.25, 0.3) is 0 Å². The van der Waals surface area contributed by atoms with Crippen molar-refractivity contribution in [3.63, 3.8) is 0 Å². The van der Waals surface area contributed by atoms with E-state index in [1.807, 2.05) is 18.3 Å². The first-order valence-electron chi connectivity index (χ1n) is 6.01. The third-order valence-corrected chi connectivity index (χ3v) is 3.38. The summed E-state index contributed by atoms with van der Waals surface area (Å²) < 4.78 is 5.40. The second-order valence-corrected chi connectivity index (χ2v) is 4.62. The average molecular weight is 220 g/mol. The molecule has 0 radical (unpaired) electrons. The summed E-state index contributed by atoms with van der Waals surface area (Å²) in [6.07, 6.45) is 6.78. The molecule has 1 atom stereocenters. The van der Waals surface area contributed by atoms with Gasteiger partial charge >= 0.3 is 0 Å². The molecule has 16 heavy (non-hydrogen) atoms. The van der Waals surface area contributed by atoms with Gasteiger partial charge < -0.3 is 10.1 Å². The van der Waals surface area contributed by atoms with Crippen molar-refractivity contribution in [2.75, 3.05) is 13.7 Å². The van der Waals surface area contributed by atoms with E-state index in [1.165, 1.54) is 19.3 Å². The lowest BCUT2D eigenvalue weighted by molar-refractivity contribution is 0.322. The molecule has 0 amide bonds. The van der Waals surface area contributed by atoms with Gasteiger partial charge in [0, 0.05) is 6.20 Å². The van der Waals surface area contributed by atoms with Crippen molar-refractivity contribution < 1.29 is 4.74 Å². The molecular formula is C13H20N2O. The minimum absolute atomic E-state index is 0.0386. The number of hydrogen-bond donors (Lipinski definition) is 1. The van der Waals surface area contributed by atoms with E-state index in [1.54, 1.807) is 7.11 Å². The lowest BCUT2D eigenvalue weighted by Gasteiger charge is -2.30. The lowest BCUT2D eigenvalue weighted by atomic mass is 9.91. The first kappa shape index (κ1) is 11.4. The molecule has 1 aliphatic rings. The molecule has 1 aliphatic heterocycles. The predicted molar refractivity (Wildman–Crippen MR) is 64.6 cm³/mol. The van der Waals surface area contributed by atoms with Gasteiger partial charge in [-0.05, 0) is 38.4 Å². The van der Waals surface area contributed by atoms with Crippen molar-refractivity contribution in [3.8, 4) is 5.75 Å². The standard InChI is InChI=1S/C13H20N2O/c1-13(8-4-3-5-10-15-13)12-11(16-2)7-6-9-14-12/h6-7,9,15H,3-5,8,10H2,1-2H3. The number of nitrogens with zero attached hydrogens (tertiary/aromatic N) is 1. The smallest absolute Gasteiger partial charge is 0.142 e. The second kappa shape index (κ2) is 4.83. The van der Waals surface area contributed by atoms with Gasteiger partial charge in [-0.3, -0.25) is 4.98 Å². The fourth-order valence-corrected chi connectivity index (χ4v) is 2.40. The number of aromatic nitrogens is 1. The highest BCUT2D eigenvalue weighted by Gasteiger charge is 2.31. The summed E-state index contributed by atoms with van der Waals surface area (Å²) in [7, 11) is 1.71. The van der Waals surface area contributed by atoms with Crippen LogP contribution < -0.4 is 10.1 Å². The number of hydrogen-bond acceptors (Lipinski definition) is 3. The Bertz CT molecular complexity index is 344. The summed E-state index contributed by atoms with van der Waals surface area (Å²) in [4.78, 5) is 4.50. The Kier molecular flexibility index (Phi) is 3.44. The first-order chi connectivity index (χ1) is 7.76.